The van der Waals surface area contributed by atoms with Gasteiger partial charge in [0.05, 0.1) is 5.92 Å². The highest BCUT2D eigenvalue weighted by molar-refractivity contribution is 5.79. The number of rotatable bonds is 5. The molecule has 0 aliphatic heterocycles. The van der Waals surface area contributed by atoms with Crippen molar-refractivity contribution in [3.8, 4) is 0 Å². The van der Waals surface area contributed by atoms with Crippen LogP contribution >= 0.6 is 0 Å². The molecule has 0 heterocycles. The van der Waals surface area contributed by atoms with E-state index in [0.29, 0.717) is 0 Å². The van der Waals surface area contributed by atoms with Gasteiger partial charge in [0.25, 0.3) is 0 Å². The van der Waals surface area contributed by atoms with Gasteiger partial charge in [-0.2, -0.15) is 0 Å². The third-order valence-corrected chi connectivity index (χ3v) is 3.61. The van der Waals surface area contributed by atoms with Crippen LogP contribution in [0.15, 0.2) is 0 Å². The number of nitrogens with two attached hydrogens (primary N) is 1. The Kier molecular flexibility index (Phi) is 5.81. The van der Waals surface area contributed by atoms with Crippen molar-refractivity contribution in [3.05, 3.63) is 0 Å². The van der Waals surface area contributed by atoms with Crippen LogP contribution in [0, 0.1) is 5.92 Å². The van der Waals surface area contributed by atoms with E-state index in [4.69, 9.17) is 5.73 Å². The fraction of sp³-hybridized carbons (Fsp3) is 0.923. The maximum atomic E-state index is 12.1. The Bertz CT molecular complexity index is 218. The van der Waals surface area contributed by atoms with Crippen LogP contribution < -0.4 is 5.73 Å². The number of carbonyl (C=O) groups excluding carboxylic acids is 1. The minimum absolute atomic E-state index is 0.0837. The first kappa shape index (κ1) is 13.5. The van der Waals surface area contributed by atoms with E-state index < -0.39 is 0 Å². The van der Waals surface area contributed by atoms with Crippen molar-refractivity contribution in [1.29, 1.82) is 0 Å². The highest BCUT2D eigenvalue weighted by Gasteiger charge is 2.29. The second-order valence-electron chi connectivity index (χ2n) is 5.02. The highest BCUT2D eigenvalue weighted by Crippen LogP contribution is 2.24. The number of hydrogen-bond donors (Lipinski definition) is 1. The molecule has 0 saturated heterocycles. The molecule has 1 amide bonds. The Morgan fingerprint density at radius 1 is 1.31 bits per heavy atom. The molecular weight excluding hydrogens is 200 g/mol. The molecule has 1 aliphatic carbocycles. The van der Waals surface area contributed by atoms with E-state index in [1.165, 1.54) is 19.3 Å². The van der Waals surface area contributed by atoms with Crippen molar-refractivity contribution < 1.29 is 4.79 Å². The summed E-state index contributed by atoms with van der Waals surface area (Å²) in [6.07, 6.45) is 7.86. The van der Waals surface area contributed by atoms with Crippen LogP contribution in [0.1, 0.15) is 51.9 Å². The number of hydrogen-bond acceptors (Lipinski definition) is 2. The van der Waals surface area contributed by atoms with Gasteiger partial charge in [-0.05, 0) is 19.3 Å². The molecule has 1 fully saturated rings. The second-order valence-corrected chi connectivity index (χ2v) is 5.02. The predicted molar refractivity (Wildman–Crippen MR) is 67.1 cm³/mol. The highest BCUT2D eigenvalue weighted by atomic mass is 16.2. The van der Waals surface area contributed by atoms with Crippen LogP contribution in [0.5, 0.6) is 0 Å². The zero-order valence-electron chi connectivity index (χ0n) is 10.7. The lowest BCUT2D eigenvalue weighted by Gasteiger charge is -2.31. The van der Waals surface area contributed by atoms with Gasteiger partial charge < -0.3 is 10.6 Å². The summed E-state index contributed by atoms with van der Waals surface area (Å²) in [5.74, 6) is 0.351. The van der Waals surface area contributed by atoms with Gasteiger partial charge >= 0.3 is 0 Å². The molecule has 0 bridgehead atoms. The average molecular weight is 226 g/mol. The lowest BCUT2D eigenvalue weighted by Crippen LogP contribution is -2.44. The molecule has 0 radical (unpaired) electrons. The van der Waals surface area contributed by atoms with Crippen molar-refractivity contribution in [2.24, 2.45) is 11.7 Å². The van der Waals surface area contributed by atoms with Gasteiger partial charge in [0.15, 0.2) is 0 Å². The summed E-state index contributed by atoms with van der Waals surface area (Å²) in [4.78, 5) is 14.0. The molecule has 2 N–H and O–H groups in total. The minimum Gasteiger partial charge on any atom is -0.345 e. The van der Waals surface area contributed by atoms with E-state index >= 15 is 0 Å². The molecule has 3 heteroatoms. The molecule has 1 rings (SSSR count). The van der Waals surface area contributed by atoms with Crippen LogP contribution in [0.4, 0.5) is 0 Å². The maximum absolute atomic E-state index is 12.1. The van der Waals surface area contributed by atoms with E-state index in [2.05, 4.69) is 6.92 Å². The van der Waals surface area contributed by atoms with Gasteiger partial charge in [0.2, 0.25) is 5.91 Å². The molecule has 1 aliphatic rings. The van der Waals surface area contributed by atoms with Crippen molar-refractivity contribution in [3.63, 3.8) is 0 Å². The standard InChI is InChI=1S/C13H26N2O/c1-3-4-7-10-15(2)13(16)11-8-5-6-9-12(11)14/h11-12H,3-10,14H2,1-2H3. The van der Waals surface area contributed by atoms with E-state index in [0.717, 1.165) is 32.2 Å². The van der Waals surface area contributed by atoms with E-state index in [-0.39, 0.29) is 17.9 Å². The molecule has 0 aromatic rings. The number of nitrogens with zero attached hydrogens (tertiary/aromatic N) is 1. The fourth-order valence-electron chi connectivity index (χ4n) is 2.46. The largest absolute Gasteiger partial charge is 0.345 e. The van der Waals surface area contributed by atoms with Crippen LogP contribution in [0.25, 0.3) is 0 Å². The third-order valence-electron chi connectivity index (χ3n) is 3.61. The molecule has 3 nitrogen and oxygen atoms in total. The molecular formula is C13H26N2O. The van der Waals surface area contributed by atoms with Gasteiger partial charge in [-0.3, -0.25) is 4.79 Å². The normalized spacial score (nSPS) is 25.4. The van der Waals surface area contributed by atoms with Crippen LogP contribution in [-0.4, -0.2) is 30.4 Å². The fourth-order valence-corrected chi connectivity index (χ4v) is 2.46. The Morgan fingerprint density at radius 2 is 2.00 bits per heavy atom. The minimum atomic E-state index is 0.0837. The molecule has 1 saturated carbocycles. The summed E-state index contributed by atoms with van der Waals surface area (Å²) in [7, 11) is 1.92. The third kappa shape index (κ3) is 3.78. The van der Waals surface area contributed by atoms with Crippen LogP contribution in [0.3, 0.4) is 0 Å². The van der Waals surface area contributed by atoms with E-state index in [1.807, 2.05) is 11.9 Å². The van der Waals surface area contributed by atoms with Gasteiger partial charge in [0, 0.05) is 19.6 Å². The van der Waals surface area contributed by atoms with Gasteiger partial charge in [0.1, 0.15) is 0 Å². The zero-order chi connectivity index (χ0) is 12.0. The van der Waals surface area contributed by atoms with Crippen molar-refractivity contribution in [2.75, 3.05) is 13.6 Å². The summed E-state index contributed by atoms with van der Waals surface area (Å²) < 4.78 is 0. The Morgan fingerprint density at radius 3 is 2.62 bits per heavy atom. The number of unbranched alkanes of at least 4 members (excludes halogenated alkanes) is 2. The Balaban J connectivity index is 2.36. The SMILES string of the molecule is CCCCCN(C)C(=O)C1CCCCC1N. The summed E-state index contributed by atoms with van der Waals surface area (Å²) >= 11 is 0. The summed E-state index contributed by atoms with van der Waals surface area (Å²) in [6, 6.07) is 0.0925. The van der Waals surface area contributed by atoms with E-state index in [1.54, 1.807) is 0 Å². The van der Waals surface area contributed by atoms with Crippen molar-refractivity contribution in [2.45, 2.75) is 57.9 Å². The van der Waals surface area contributed by atoms with Crippen molar-refractivity contribution >= 4 is 5.91 Å². The lowest BCUT2D eigenvalue weighted by atomic mass is 9.84. The van der Waals surface area contributed by atoms with Gasteiger partial charge in [-0.1, -0.05) is 32.6 Å². The molecule has 16 heavy (non-hydrogen) atoms. The van der Waals surface area contributed by atoms with Gasteiger partial charge in [-0.15, -0.1) is 0 Å². The number of carbonyl (C=O) groups is 1. The molecule has 0 aromatic carbocycles. The summed E-state index contributed by atoms with van der Waals surface area (Å²) in [5.41, 5.74) is 6.03. The molecule has 2 atom stereocenters. The second kappa shape index (κ2) is 6.89. The molecule has 2 unspecified atom stereocenters. The van der Waals surface area contributed by atoms with E-state index in [9.17, 15) is 4.79 Å². The summed E-state index contributed by atoms with van der Waals surface area (Å²) in [6.45, 7) is 3.06. The van der Waals surface area contributed by atoms with Gasteiger partial charge in [-0.25, -0.2) is 0 Å². The average Bonchev–Trinajstić information content (AvgIpc) is 2.29. The number of amides is 1. The summed E-state index contributed by atoms with van der Waals surface area (Å²) in [5, 5.41) is 0. The monoisotopic (exact) mass is 226 g/mol. The smallest absolute Gasteiger partial charge is 0.226 e. The maximum Gasteiger partial charge on any atom is 0.226 e. The van der Waals surface area contributed by atoms with Crippen LogP contribution in [-0.2, 0) is 4.79 Å². The Labute approximate surface area is 99.4 Å². The molecule has 94 valence electrons. The zero-order valence-corrected chi connectivity index (χ0v) is 10.7. The first-order valence-electron chi connectivity index (χ1n) is 6.67. The predicted octanol–water partition coefficient (Wildman–Crippen LogP) is 2.15. The molecule has 0 aromatic heterocycles. The first-order valence-corrected chi connectivity index (χ1v) is 6.67. The lowest BCUT2D eigenvalue weighted by molar-refractivity contribution is -0.135. The molecule has 0 spiro atoms. The first-order chi connectivity index (χ1) is 7.66. The van der Waals surface area contributed by atoms with Crippen LogP contribution in [0.2, 0.25) is 0 Å². The topological polar surface area (TPSA) is 46.3 Å². The van der Waals surface area contributed by atoms with Crippen molar-refractivity contribution in [1.82, 2.24) is 4.90 Å². The quantitative estimate of drug-likeness (QED) is 0.730. The Hall–Kier alpha value is -0.570.